The third-order valence-electron chi connectivity index (χ3n) is 2.29. The minimum absolute atomic E-state index is 0.174. The molecule has 0 amide bonds. The minimum Gasteiger partial charge on any atom is -0.351 e. The van der Waals surface area contributed by atoms with Crippen molar-refractivity contribution in [2.24, 2.45) is 5.10 Å². The fourth-order valence-corrected chi connectivity index (χ4v) is 1.39. The Morgan fingerprint density at radius 1 is 1.38 bits per heavy atom. The van der Waals surface area contributed by atoms with E-state index in [0.29, 0.717) is 0 Å². The van der Waals surface area contributed by atoms with Crippen LogP contribution in [0.15, 0.2) is 29.2 Å². The molecule has 0 aromatic rings. The number of fused-ring (bicyclic) bond motifs is 1. The quantitative estimate of drug-likeness (QED) is 0.561. The Morgan fingerprint density at radius 3 is 2.77 bits per heavy atom. The molecule has 0 spiro atoms. The number of hydrogen-bond donors (Lipinski definition) is 0. The standard InChI is InChI=1S/C10H15N3/c1-10(2,3)12-7-9-5-4-6-11-13(9)8-12/h4-7H,8H2,1-3H3. The van der Waals surface area contributed by atoms with E-state index in [1.807, 2.05) is 17.3 Å². The molecule has 70 valence electrons. The van der Waals surface area contributed by atoms with Crippen LogP contribution in [0.2, 0.25) is 0 Å². The molecule has 0 bridgehead atoms. The van der Waals surface area contributed by atoms with Crippen LogP contribution in [0.25, 0.3) is 0 Å². The molecule has 0 fully saturated rings. The van der Waals surface area contributed by atoms with E-state index in [4.69, 9.17) is 0 Å². The number of allylic oxidation sites excluding steroid dienone is 2. The van der Waals surface area contributed by atoms with Gasteiger partial charge in [-0.25, -0.2) is 5.01 Å². The zero-order valence-electron chi connectivity index (χ0n) is 8.36. The summed E-state index contributed by atoms with van der Waals surface area (Å²) in [7, 11) is 0. The molecule has 2 aliphatic rings. The summed E-state index contributed by atoms with van der Waals surface area (Å²) in [6, 6.07) is 0. The Kier molecular flexibility index (Phi) is 1.68. The smallest absolute Gasteiger partial charge is 0.112 e. The second-order valence-electron chi connectivity index (χ2n) is 4.36. The number of hydrogen-bond acceptors (Lipinski definition) is 3. The summed E-state index contributed by atoms with van der Waals surface area (Å²) in [6.07, 6.45) is 8.03. The summed E-state index contributed by atoms with van der Waals surface area (Å²) < 4.78 is 0. The molecule has 3 nitrogen and oxygen atoms in total. The zero-order chi connectivity index (χ0) is 9.47. The molecule has 2 aliphatic heterocycles. The van der Waals surface area contributed by atoms with E-state index in [0.717, 1.165) is 6.67 Å². The van der Waals surface area contributed by atoms with Gasteiger partial charge in [-0.15, -0.1) is 0 Å². The summed E-state index contributed by atoms with van der Waals surface area (Å²) in [5.74, 6) is 0. The third-order valence-corrected chi connectivity index (χ3v) is 2.29. The van der Waals surface area contributed by atoms with E-state index in [-0.39, 0.29) is 5.54 Å². The highest BCUT2D eigenvalue weighted by atomic mass is 15.6. The first-order chi connectivity index (χ1) is 6.07. The average Bonchev–Trinajstić information content (AvgIpc) is 2.45. The molecule has 0 aliphatic carbocycles. The molecular weight excluding hydrogens is 162 g/mol. The fourth-order valence-electron chi connectivity index (χ4n) is 1.39. The molecule has 2 rings (SSSR count). The van der Waals surface area contributed by atoms with Crippen LogP contribution in [0.1, 0.15) is 20.8 Å². The largest absolute Gasteiger partial charge is 0.351 e. The van der Waals surface area contributed by atoms with Crippen LogP contribution in [0, 0.1) is 0 Å². The molecule has 0 saturated carbocycles. The molecule has 2 heterocycles. The molecule has 13 heavy (non-hydrogen) atoms. The Bertz CT molecular complexity index is 294. The second-order valence-corrected chi connectivity index (χ2v) is 4.36. The SMILES string of the molecule is CC(C)(C)N1C=C2C=CC=NN2C1. The first kappa shape index (κ1) is 8.35. The van der Waals surface area contributed by atoms with Gasteiger partial charge in [0.2, 0.25) is 0 Å². The lowest BCUT2D eigenvalue weighted by atomic mass is 10.1. The lowest BCUT2D eigenvalue weighted by Gasteiger charge is -2.32. The Labute approximate surface area is 79.0 Å². The van der Waals surface area contributed by atoms with Crippen molar-refractivity contribution < 1.29 is 0 Å². The lowest BCUT2D eigenvalue weighted by Crippen LogP contribution is -2.38. The van der Waals surface area contributed by atoms with Crippen LogP contribution in [0.3, 0.4) is 0 Å². The molecule has 0 radical (unpaired) electrons. The lowest BCUT2D eigenvalue weighted by molar-refractivity contribution is 0.162. The summed E-state index contributed by atoms with van der Waals surface area (Å²) >= 11 is 0. The topological polar surface area (TPSA) is 18.8 Å². The normalized spacial score (nSPS) is 20.7. The molecule has 0 unspecified atom stereocenters. The van der Waals surface area contributed by atoms with E-state index < -0.39 is 0 Å². The molecule has 0 atom stereocenters. The molecule has 0 saturated heterocycles. The molecular formula is C10H15N3. The third kappa shape index (κ3) is 1.46. The van der Waals surface area contributed by atoms with Gasteiger partial charge in [-0.2, -0.15) is 5.10 Å². The minimum atomic E-state index is 0.174. The van der Waals surface area contributed by atoms with Gasteiger partial charge >= 0.3 is 0 Å². The van der Waals surface area contributed by atoms with Crippen molar-refractivity contribution in [1.29, 1.82) is 0 Å². The maximum Gasteiger partial charge on any atom is 0.112 e. The molecule has 0 N–H and O–H groups in total. The number of hydrazone groups is 1. The van der Waals surface area contributed by atoms with E-state index in [2.05, 4.69) is 43.0 Å². The van der Waals surface area contributed by atoms with Gasteiger partial charge in [-0.1, -0.05) is 0 Å². The van der Waals surface area contributed by atoms with Crippen LogP contribution in [-0.4, -0.2) is 28.3 Å². The monoisotopic (exact) mass is 177 g/mol. The summed E-state index contributed by atoms with van der Waals surface area (Å²) in [4.78, 5) is 2.29. The molecule has 3 heteroatoms. The summed E-state index contributed by atoms with van der Waals surface area (Å²) in [5.41, 5.74) is 1.35. The highest BCUT2D eigenvalue weighted by molar-refractivity contribution is 5.73. The first-order valence-electron chi connectivity index (χ1n) is 4.54. The van der Waals surface area contributed by atoms with Gasteiger partial charge in [0.25, 0.3) is 0 Å². The summed E-state index contributed by atoms with van der Waals surface area (Å²) in [5, 5.41) is 6.27. The fraction of sp³-hybridized carbons (Fsp3) is 0.500. The van der Waals surface area contributed by atoms with Crippen LogP contribution < -0.4 is 0 Å². The Hall–Kier alpha value is -1.25. The maximum atomic E-state index is 4.27. The van der Waals surface area contributed by atoms with Crippen molar-refractivity contribution in [2.75, 3.05) is 6.67 Å². The number of nitrogens with zero attached hydrogens (tertiary/aromatic N) is 3. The van der Waals surface area contributed by atoms with Crippen molar-refractivity contribution in [2.45, 2.75) is 26.3 Å². The average molecular weight is 177 g/mol. The van der Waals surface area contributed by atoms with Gasteiger partial charge < -0.3 is 4.90 Å². The van der Waals surface area contributed by atoms with E-state index >= 15 is 0 Å². The second kappa shape index (κ2) is 2.62. The van der Waals surface area contributed by atoms with Crippen LogP contribution in [0.5, 0.6) is 0 Å². The predicted octanol–water partition coefficient (Wildman–Crippen LogP) is 1.76. The number of rotatable bonds is 0. The highest BCUT2D eigenvalue weighted by Gasteiger charge is 2.27. The predicted molar refractivity (Wildman–Crippen MR) is 54.0 cm³/mol. The van der Waals surface area contributed by atoms with E-state index in [1.165, 1.54) is 5.70 Å². The molecule has 0 aromatic heterocycles. The highest BCUT2D eigenvalue weighted by Crippen LogP contribution is 2.25. The van der Waals surface area contributed by atoms with E-state index in [1.54, 1.807) is 0 Å². The van der Waals surface area contributed by atoms with Crippen LogP contribution >= 0.6 is 0 Å². The van der Waals surface area contributed by atoms with Crippen molar-refractivity contribution in [3.05, 3.63) is 24.0 Å². The van der Waals surface area contributed by atoms with E-state index in [9.17, 15) is 0 Å². The van der Waals surface area contributed by atoms with Crippen LogP contribution in [0.4, 0.5) is 0 Å². The van der Waals surface area contributed by atoms with Gasteiger partial charge in [0.05, 0.1) is 5.70 Å². The first-order valence-corrected chi connectivity index (χ1v) is 4.54. The van der Waals surface area contributed by atoms with Crippen molar-refractivity contribution in [1.82, 2.24) is 9.91 Å². The van der Waals surface area contributed by atoms with Crippen molar-refractivity contribution >= 4 is 6.21 Å². The summed E-state index contributed by atoms with van der Waals surface area (Å²) in [6.45, 7) is 7.47. The zero-order valence-corrected chi connectivity index (χ0v) is 8.36. The van der Waals surface area contributed by atoms with Gasteiger partial charge in [0.1, 0.15) is 6.67 Å². The Balaban J connectivity index is 2.21. The van der Waals surface area contributed by atoms with Gasteiger partial charge in [0.15, 0.2) is 0 Å². The molecule has 0 aromatic carbocycles. The Morgan fingerprint density at radius 2 is 2.15 bits per heavy atom. The van der Waals surface area contributed by atoms with Gasteiger partial charge in [-0.3, -0.25) is 0 Å². The van der Waals surface area contributed by atoms with Crippen LogP contribution in [-0.2, 0) is 0 Å². The van der Waals surface area contributed by atoms with Crippen molar-refractivity contribution in [3.63, 3.8) is 0 Å². The van der Waals surface area contributed by atoms with Gasteiger partial charge in [-0.05, 0) is 32.9 Å². The maximum absolute atomic E-state index is 4.27. The van der Waals surface area contributed by atoms with Crippen molar-refractivity contribution in [3.8, 4) is 0 Å². The van der Waals surface area contributed by atoms with Gasteiger partial charge in [0, 0.05) is 18.0 Å².